The molecule has 2 aromatic rings. The van der Waals surface area contributed by atoms with Crippen LogP contribution in [-0.4, -0.2) is 27.2 Å². The Morgan fingerprint density at radius 1 is 1.41 bits per heavy atom. The topological polar surface area (TPSA) is 60.2 Å². The molecular weight excluding hydrogens is 278 g/mol. The predicted molar refractivity (Wildman–Crippen MR) is 83.8 cm³/mol. The monoisotopic (exact) mass is 301 g/mol. The molecule has 1 aromatic heterocycles. The molecule has 1 fully saturated rings. The van der Waals surface area contributed by atoms with Gasteiger partial charge in [0.2, 0.25) is 0 Å². The number of nitrogens with zero attached hydrogens (tertiary/aromatic N) is 3. The van der Waals surface area contributed by atoms with Gasteiger partial charge in [-0.3, -0.25) is 0 Å². The van der Waals surface area contributed by atoms with Crippen LogP contribution in [0.25, 0.3) is 0 Å². The molecule has 0 spiro atoms. The summed E-state index contributed by atoms with van der Waals surface area (Å²) in [5.74, 6) is 0.852. The van der Waals surface area contributed by atoms with E-state index in [0.717, 1.165) is 25.0 Å². The Labute approximate surface area is 130 Å². The molecule has 0 aliphatic heterocycles. The molecule has 1 aliphatic rings. The summed E-state index contributed by atoms with van der Waals surface area (Å²) in [4.78, 5) is 0. The second kappa shape index (κ2) is 5.39. The van der Waals surface area contributed by atoms with E-state index in [0.29, 0.717) is 12.1 Å². The van der Waals surface area contributed by atoms with Crippen molar-refractivity contribution in [3.63, 3.8) is 0 Å². The molecule has 1 N–H and O–H groups in total. The van der Waals surface area contributed by atoms with Crippen LogP contribution >= 0.6 is 0 Å². The van der Waals surface area contributed by atoms with E-state index in [2.05, 4.69) is 22.4 Å². The summed E-state index contributed by atoms with van der Waals surface area (Å²) in [6.07, 6.45) is 5.71. The maximum atomic E-state index is 10.4. The number of aromatic nitrogens is 3. The van der Waals surface area contributed by atoms with Crippen molar-refractivity contribution in [1.82, 2.24) is 15.0 Å². The van der Waals surface area contributed by atoms with E-state index >= 15 is 0 Å². The minimum Gasteiger partial charge on any atom is -0.497 e. The molecular formula is C17H23N3O2. The van der Waals surface area contributed by atoms with Crippen molar-refractivity contribution in [3.05, 3.63) is 41.7 Å². The zero-order chi connectivity index (χ0) is 15.8. The van der Waals surface area contributed by atoms with E-state index in [9.17, 15) is 5.11 Å². The van der Waals surface area contributed by atoms with E-state index < -0.39 is 5.60 Å². The van der Waals surface area contributed by atoms with Gasteiger partial charge in [0.25, 0.3) is 0 Å². The summed E-state index contributed by atoms with van der Waals surface area (Å²) < 4.78 is 7.27. The zero-order valence-electron chi connectivity index (χ0n) is 13.4. The van der Waals surface area contributed by atoms with Crippen molar-refractivity contribution in [2.45, 2.75) is 50.7 Å². The summed E-state index contributed by atoms with van der Waals surface area (Å²) in [5.41, 5.74) is 0.719. The van der Waals surface area contributed by atoms with Crippen LogP contribution in [0, 0.1) is 0 Å². The highest BCUT2D eigenvalue weighted by Gasteiger charge is 2.42. The van der Waals surface area contributed by atoms with Gasteiger partial charge in [0, 0.05) is 0 Å². The first-order chi connectivity index (χ1) is 10.5. The van der Waals surface area contributed by atoms with Crippen molar-refractivity contribution in [1.29, 1.82) is 0 Å². The summed E-state index contributed by atoms with van der Waals surface area (Å²) in [5, 5.41) is 18.9. The van der Waals surface area contributed by atoms with Gasteiger partial charge in [-0.05, 0) is 50.3 Å². The van der Waals surface area contributed by atoms with Gasteiger partial charge in [0.15, 0.2) is 0 Å². The Hall–Kier alpha value is -1.88. The Bertz CT molecular complexity index is 659. The van der Waals surface area contributed by atoms with Gasteiger partial charge in [-0.2, -0.15) is 0 Å². The van der Waals surface area contributed by atoms with Crippen LogP contribution in [0.1, 0.15) is 50.8 Å². The van der Waals surface area contributed by atoms with Gasteiger partial charge in [0.1, 0.15) is 17.0 Å². The number of aliphatic hydroxyl groups is 1. The summed E-state index contributed by atoms with van der Waals surface area (Å²) in [6.45, 7) is 3.72. The first kappa shape index (κ1) is 15.0. The minimum absolute atomic E-state index is 0.163. The van der Waals surface area contributed by atoms with Gasteiger partial charge < -0.3 is 9.84 Å². The van der Waals surface area contributed by atoms with Crippen LogP contribution in [0.4, 0.5) is 0 Å². The molecule has 118 valence electrons. The van der Waals surface area contributed by atoms with Crippen molar-refractivity contribution in [2.24, 2.45) is 0 Å². The lowest BCUT2D eigenvalue weighted by Crippen LogP contribution is -2.42. The first-order valence-electron chi connectivity index (χ1n) is 7.82. The standard InChI is InChI=1S/C17H23N3O2/c1-4-16(2,21)15-12-20(19-18-15)17(9-6-10-17)13-7-5-8-14(11-13)22-3/h5,7-8,11-12,21H,4,6,9-10H2,1-3H3. The normalized spacial score (nSPS) is 19.3. The number of hydrogen-bond donors (Lipinski definition) is 1. The molecule has 1 heterocycles. The molecule has 5 nitrogen and oxygen atoms in total. The third-order valence-electron chi connectivity index (χ3n) is 4.96. The second-order valence-electron chi connectivity index (χ2n) is 6.29. The number of methoxy groups -OCH3 is 1. The van der Waals surface area contributed by atoms with Gasteiger partial charge in [0.05, 0.1) is 18.8 Å². The summed E-state index contributed by atoms with van der Waals surface area (Å²) in [7, 11) is 1.68. The van der Waals surface area contributed by atoms with E-state index in [-0.39, 0.29) is 5.54 Å². The van der Waals surface area contributed by atoms with Crippen molar-refractivity contribution in [2.75, 3.05) is 7.11 Å². The zero-order valence-corrected chi connectivity index (χ0v) is 13.4. The second-order valence-corrected chi connectivity index (χ2v) is 6.29. The van der Waals surface area contributed by atoms with Gasteiger partial charge in [-0.15, -0.1) is 5.10 Å². The fraction of sp³-hybridized carbons (Fsp3) is 0.529. The minimum atomic E-state index is -0.933. The third kappa shape index (κ3) is 2.29. The van der Waals surface area contributed by atoms with Crippen LogP contribution in [0.2, 0.25) is 0 Å². The molecule has 1 saturated carbocycles. The average molecular weight is 301 g/mol. The van der Waals surface area contributed by atoms with Crippen molar-refractivity contribution in [3.8, 4) is 5.75 Å². The number of rotatable bonds is 5. The lowest BCUT2D eigenvalue weighted by Gasteiger charge is -2.42. The fourth-order valence-corrected chi connectivity index (χ4v) is 2.98. The highest BCUT2D eigenvalue weighted by Crippen LogP contribution is 2.45. The summed E-state index contributed by atoms with van der Waals surface area (Å²) in [6, 6.07) is 8.14. The maximum absolute atomic E-state index is 10.4. The average Bonchev–Trinajstić information content (AvgIpc) is 2.97. The molecule has 22 heavy (non-hydrogen) atoms. The SMILES string of the molecule is CCC(C)(O)c1cn(C2(c3cccc(OC)c3)CCC2)nn1. The number of hydrogen-bond acceptors (Lipinski definition) is 4. The van der Waals surface area contributed by atoms with E-state index in [1.165, 1.54) is 5.56 Å². The van der Waals surface area contributed by atoms with E-state index in [1.807, 2.05) is 29.9 Å². The van der Waals surface area contributed by atoms with Crippen molar-refractivity contribution >= 4 is 0 Å². The predicted octanol–water partition coefficient (Wildman–Crippen LogP) is 2.83. The van der Waals surface area contributed by atoms with E-state index in [4.69, 9.17) is 4.74 Å². The molecule has 1 aliphatic carbocycles. The Morgan fingerprint density at radius 2 is 2.18 bits per heavy atom. The summed E-state index contributed by atoms with van der Waals surface area (Å²) >= 11 is 0. The van der Waals surface area contributed by atoms with Gasteiger partial charge in [-0.1, -0.05) is 24.3 Å². The lowest BCUT2D eigenvalue weighted by atomic mass is 9.72. The molecule has 1 aromatic carbocycles. The van der Waals surface area contributed by atoms with Crippen molar-refractivity contribution < 1.29 is 9.84 Å². The largest absolute Gasteiger partial charge is 0.497 e. The molecule has 3 rings (SSSR count). The van der Waals surface area contributed by atoms with Crippen LogP contribution < -0.4 is 4.74 Å². The van der Waals surface area contributed by atoms with Crippen LogP contribution in [-0.2, 0) is 11.1 Å². The molecule has 0 amide bonds. The molecule has 0 radical (unpaired) electrons. The van der Waals surface area contributed by atoms with Crippen LogP contribution in [0.5, 0.6) is 5.75 Å². The molecule has 5 heteroatoms. The molecule has 0 bridgehead atoms. The lowest BCUT2D eigenvalue weighted by molar-refractivity contribution is 0.0483. The highest BCUT2D eigenvalue weighted by atomic mass is 16.5. The molecule has 1 unspecified atom stereocenters. The number of ether oxygens (including phenoxy) is 1. The number of benzene rings is 1. The highest BCUT2D eigenvalue weighted by molar-refractivity contribution is 5.35. The van der Waals surface area contributed by atoms with Crippen LogP contribution in [0.3, 0.4) is 0 Å². The molecule has 0 saturated heterocycles. The van der Waals surface area contributed by atoms with Gasteiger partial charge >= 0.3 is 0 Å². The van der Waals surface area contributed by atoms with Gasteiger partial charge in [-0.25, -0.2) is 4.68 Å². The van der Waals surface area contributed by atoms with Crippen LogP contribution in [0.15, 0.2) is 30.5 Å². The van der Waals surface area contributed by atoms with E-state index in [1.54, 1.807) is 14.0 Å². The smallest absolute Gasteiger partial charge is 0.119 e. The maximum Gasteiger partial charge on any atom is 0.119 e. The first-order valence-corrected chi connectivity index (χ1v) is 7.82. The Morgan fingerprint density at radius 3 is 2.77 bits per heavy atom. The molecule has 1 atom stereocenters. The quantitative estimate of drug-likeness (QED) is 0.922. The third-order valence-corrected chi connectivity index (χ3v) is 4.96. The fourth-order valence-electron chi connectivity index (χ4n) is 2.98. The Kier molecular flexibility index (Phi) is 3.68. The Balaban J connectivity index is 2.00.